The molecule has 112 valence electrons. The first-order valence-corrected chi connectivity index (χ1v) is 6.95. The highest BCUT2D eigenvalue weighted by Crippen LogP contribution is 2.24. The first-order valence-electron chi connectivity index (χ1n) is 6.95. The minimum atomic E-state index is -4.30. The monoisotopic (exact) mass is 287 g/mol. The number of hydrogen-bond donors (Lipinski definition) is 1. The van der Waals surface area contributed by atoms with E-state index in [-0.39, 0.29) is 6.61 Å². The molecule has 5 heteroatoms. The number of rotatable bonds is 7. The molecule has 0 bridgehead atoms. The zero-order valence-corrected chi connectivity index (χ0v) is 11.5. The van der Waals surface area contributed by atoms with Crippen LogP contribution < -0.4 is 5.32 Å². The van der Waals surface area contributed by atoms with Gasteiger partial charge in [-0.25, -0.2) is 0 Å². The fourth-order valence-electron chi connectivity index (χ4n) is 1.95. The van der Waals surface area contributed by atoms with Crippen molar-refractivity contribution in [2.24, 2.45) is 0 Å². The van der Waals surface area contributed by atoms with Crippen LogP contribution in [0, 0.1) is 0 Å². The van der Waals surface area contributed by atoms with Gasteiger partial charge in [0, 0.05) is 6.04 Å². The van der Waals surface area contributed by atoms with Crippen LogP contribution in [0.1, 0.15) is 30.9 Å². The Kier molecular flexibility index (Phi) is 5.05. The molecule has 2 nitrogen and oxygen atoms in total. The summed E-state index contributed by atoms with van der Waals surface area (Å²) in [6.07, 6.45) is -2.76. The molecule has 1 fully saturated rings. The van der Waals surface area contributed by atoms with E-state index in [2.05, 4.69) is 5.32 Å². The van der Waals surface area contributed by atoms with Crippen LogP contribution >= 0.6 is 0 Å². The number of nitrogens with one attached hydrogen (secondary N) is 1. The van der Waals surface area contributed by atoms with Gasteiger partial charge in [0.25, 0.3) is 0 Å². The van der Waals surface area contributed by atoms with Gasteiger partial charge in [0.1, 0.15) is 0 Å². The van der Waals surface area contributed by atoms with Crippen molar-refractivity contribution in [3.63, 3.8) is 0 Å². The maximum atomic E-state index is 12.4. The molecular weight excluding hydrogens is 267 g/mol. The molecule has 1 unspecified atom stereocenters. The van der Waals surface area contributed by atoms with E-state index >= 15 is 0 Å². The molecule has 1 N–H and O–H groups in total. The van der Waals surface area contributed by atoms with Crippen LogP contribution in [0.4, 0.5) is 13.2 Å². The Balaban J connectivity index is 1.86. The lowest BCUT2D eigenvalue weighted by atomic mass is 10.1. The number of benzene rings is 1. The second kappa shape index (κ2) is 6.59. The predicted molar refractivity (Wildman–Crippen MR) is 71.5 cm³/mol. The van der Waals surface area contributed by atoms with Gasteiger partial charge in [-0.2, -0.15) is 13.2 Å². The molecule has 0 saturated heterocycles. The first-order chi connectivity index (χ1) is 9.47. The van der Waals surface area contributed by atoms with Crippen LogP contribution in [0.5, 0.6) is 0 Å². The van der Waals surface area contributed by atoms with Gasteiger partial charge in [-0.3, -0.25) is 0 Å². The van der Waals surface area contributed by atoms with E-state index in [1.165, 1.54) is 12.8 Å². The average molecular weight is 287 g/mol. The Morgan fingerprint density at radius 2 is 1.90 bits per heavy atom. The highest BCUT2D eigenvalue weighted by Gasteiger charge is 2.36. The maximum Gasteiger partial charge on any atom is 0.414 e. The Bertz CT molecular complexity index is 429. The third-order valence-electron chi connectivity index (χ3n) is 3.47. The predicted octanol–water partition coefficient (Wildman–Crippen LogP) is 3.45. The summed E-state index contributed by atoms with van der Waals surface area (Å²) in [5.41, 5.74) is 1.89. The SMILES string of the molecule is CC(OCc1ccccc1CCNC1CC1)C(F)(F)F. The summed E-state index contributed by atoms with van der Waals surface area (Å²) in [6.45, 7) is 1.90. The van der Waals surface area contributed by atoms with Crippen molar-refractivity contribution < 1.29 is 17.9 Å². The van der Waals surface area contributed by atoms with Crippen molar-refractivity contribution in [3.8, 4) is 0 Å². The number of halogens is 3. The lowest BCUT2D eigenvalue weighted by molar-refractivity contribution is -0.217. The molecule has 2 rings (SSSR count). The number of hydrogen-bond acceptors (Lipinski definition) is 2. The van der Waals surface area contributed by atoms with Crippen molar-refractivity contribution in [1.82, 2.24) is 5.32 Å². The Hall–Kier alpha value is -1.07. The van der Waals surface area contributed by atoms with Crippen LogP contribution in [0.15, 0.2) is 24.3 Å². The largest absolute Gasteiger partial charge is 0.414 e. The minimum Gasteiger partial charge on any atom is -0.364 e. The van der Waals surface area contributed by atoms with Crippen molar-refractivity contribution in [3.05, 3.63) is 35.4 Å². The van der Waals surface area contributed by atoms with Gasteiger partial charge in [-0.1, -0.05) is 24.3 Å². The Morgan fingerprint density at radius 3 is 2.50 bits per heavy atom. The quantitative estimate of drug-likeness (QED) is 0.829. The van der Waals surface area contributed by atoms with Crippen LogP contribution in [0.25, 0.3) is 0 Å². The first kappa shape index (κ1) is 15.3. The summed E-state index contributed by atoms with van der Waals surface area (Å²) in [6, 6.07) is 8.16. The molecule has 0 spiro atoms. The van der Waals surface area contributed by atoms with Crippen LogP contribution in [-0.2, 0) is 17.8 Å². The Morgan fingerprint density at radius 1 is 1.25 bits per heavy atom. The molecular formula is C15H20F3NO. The molecule has 0 amide bonds. The lowest BCUT2D eigenvalue weighted by Gasteiger charge is -2.17. The van der Waals surface area contributed by atoms with E-state index in [1.54, 1.807) is 0 Å². The molecule has 0 aromatic heterocycles. The molecule has 1 aliphatic carbocycles. The minimum absolute atomic E-state index is 0.000276. The van der Waals surface area contributed by atoms with Crippen molar-refractivity contribution >= 4 is 0 Å². The molecule has 1 saturated carbocycles. The summed E-state index contributed by atoms with van der Waals surface area (Å²) in [4.78, 5) is 0. The number of ether oxygens (including phenoxy) is 1. The van der Waals surface area contributed by atoms with E-state index in [0.717, 1.165) is 31.0 Å². The fraction of sp³-hybridized carbons (Fsp3) is 0.600. The second-order valence-electron chi connectivity index (χ2n) is 5.24. The molecule has 0 heterocycles. The molecule has 0 aliphatic heterocycles. The van der Waals surface area contributed by atoms with E-state index in [0.29, 0.717) is 6.04 Å². The van der Waals surface area contributed by atoms with Crippen molar-refractivity contribution in [1.29, 1.82) is 0 Å². The zero-order chi connectivity index (χ0) is 14.6. The summed E-state index contributed by atoms with van der Waals surface area (Å²) < 4.78 is 42.2. The summed E-state index contributed by atoms with van der Waals surface area (Å²) >= 11 is 0. The van der Waals surface area contributed by atoms with Gasteiger partial charge in [-0.15, -0.1) is 0 Å². The van der Waals surface area contributed by atoms with E-state index in [1.807, 2.05) is 24.3 Å². The van der Waals surface area contributed by atoms with Crippen molar-refractivity contribution in [2.75, 3.05) is 6.54 Å². The average Bonchev–Trinajstić information content (AvgIpc) is 3.20. The lowest BCUT2D eigenvalue weighted by Crippen LogP contribution is -2.28. The molecule has 1 aromatic carbocycles. The van der Waals surface area contributed by atoms with Gasteiger partial charge in [0.05, 0.1) is 6.61 Å². The summed E-state index contributed by atoms with van der Waals surface area (Å²) in [7, 11) is 0. The van der Waals surface area contributed by atoms with E-state index in [9.17, 15) is 13.2 Å². The number of alkyl halides is 3. The van der Waals surface area contributed by atoms with Crippen LogP contribution in [0.2, 0.25) is 0 Å². The van der Waals surface area contributed by atoms with Crippen LogP contribution in [-0.4, -0.2) is 24.9 Å². The molecule has 1 aliphatic rings. The standard InChI is InChI=1S/C15H20F3NO/c1-11(15(16,17)18)20-10-13-5-3-2-4-12(13)8-9-19-14-6-7-14/h2-5,11,14,19H,6-10H2,1H3. The molecule has 1 atom stereocenters. The summed E-state index contributed by atoms with van der Waals surface area (Å²) in [5.74, 6) is 0. The zero-order valence-electron chi connectivity index (χ0n) is 11.5. The van der Waals surface area contributed by atoms with Crippen LogP contribution in [0.3, 0.4) is 0 Å². The van der Waals surface area contributed by atoms with Gasteiger partial charge in [-0.05, 0) is 43.9 Å². The van der Waals surface area contributed by atoms with Crippen molar-refractivity contribution in [2.45, 2.75) is 51.1 Å². The molecule has 0 radical (unpaired) electrons. The van der Waals surface area contributed by atoms with E-state index in [4.69, 9.17) is 4.74 Å². The summed E-state index contributed by atoms with van der Waals surface area (Å²) in [5, 5.41) is 3.40. The van der Waals surface area contributed by atoms with Gasteiger partial charge < -0.3 is 10.1 Å². The van der Waals surface area contributed by atoms with Gasteiger partial charge in [0.2, 0.25) is 0 Å². The molecule has 1 aromatic rings. The Labute approximate surface area is 117 Å². The topological polar surface area (TPSA) is 21.3 Å². The fourth-order valence-corrected chi connectivity index (χ4v) is 1.95. The van der Waals surface area contributed by atoms with E-state index < -0.39 is 12.3 Å². The molecule has 20 heavy (non-hydrogen) atoms. The van der Waals surface area contributed by atoms with Gasteiger partial charge in [0.15, 0.2) is 6.10 Å². The van der Waals surface area contributed by atoms with Gasteiger partial charge >= 0.3 is 6.18 Å². The normalized spacial score (nSPS) is 17.2. The second-order valence-corrected chi connectivity index (χ2v) is 5.24. The maximum absolute atomic E-state index is 12.4. The third kappa shape index (κ3) is 4.80. The highest BCUT2D eigenvalue weighted by molar-refractivity contribution is 5.26. The third-order valence-corrected chi connectivity index (χ3v) is 3.47. The smallest absolute Gasteiger partial charge is 0.364 e. The highest BCUT2D eigenvalue weighted by atomic mass is 19.4.